The lowest BCUT2D eigenvalue weighted by atomic mass is 10.0. The molecule has 5 rings (SSSR count). The topological polar surface area (TPSA) is 144 Å². The molecule has 0 aliphatic heterocycles. The minimum absolute atomic E-state index is 0.128. The Morgan fingerprint density at radius 3 is 2.22 bits per heavy atom. The number of carbonyl (C=O) groups excluding carboxylic acids is 1. The van der Waals surface area contributed by atoms with E-state index < -0.39 is 26.7 Å². The first kappa shape index (κ1) is 27.3. The summed E-state index contributed by atoms with van der Waals surface area (Å²) >= 11 is 0. The molecule has 1 heterocycles. The standard InChI is InChI=1S/C30H24N4O6S/c1-19-8-15-25(16-9-19)41(39,40)32-23-12-10-22(11-13-23)31-29(21-6-4-3-5-7-21)28-26-18-24(34(37)38)14-17-27(26)33(20(2)35)30(28)36/h3-18,32,36H,1-2H3. The van der Waals surface area contributed by atoms with Gasteiger partial charge in [0.25, 0.3) is 15.7 Å². The van der Waals surface area contributed by atoms with Crippen LogP contribution in [0.15, 0.2) is 107 Å². The van der Waals surface area contributed by atoms with Gasteiger partial charge >= 0.3 is 0 Å². The third-order valence-corrected chi connectivity index (χ3v) is 7.82. The van der Waals surface area contributed by atoms with E-state index in [1.165, 1.54) is 37.3 Å². The average molecular weight is 569 g/mol. The number of carbonyl (C=O) groups is 1. The Labute approximate surface area is 235 Å². The fraction of sp³-hybridized carbons (Fsp3) is 0.0667. The van der Waals surface area contributed by atoms with E-state index in [-0.39, 0.29) is 27.2 Å². The first-order valence-electron chi connectivity index (χ1n) is 12.4. The van der Waals surface area contributed by atoms with Crippen LogP contribution in [-0.4, -0.2) is 34.6 Å². The van der Waals surface area contributed by atoms with Gasteiger partial charge in [-0.05, 0) is 49.4 Å². The zero-order valence-electron chi connectivity index (χ0n) is 22.0. The van der Waals surface area contributed by atoms with E-state index in [0.29, 0.717) is 22.5 Å². The highest BCUT2D eigenvalue weighted by atomic mass is 32.2. The predicted molar refractivity (Wildman–Crippen MR) is 157 cm³/mol. The van der Waals surface area contributed by atoms with Gasteiger partial charge in [-0.1, -0.05) is 48.0 Å². The molecular weight excluding hydrogens is 544 g/mol. The Balaban J connectivity index is 1.62. The maximum Gasteiger partial charge on any atom is 0.270 e. The normalized spacial score (nSPS) is 11.9. The van der Waals surface area contributed by atoms with Gasteiger partial charge in [-0.3, -0.25) is 24.2 Å². The number of nitrogens with one attached hydrogen (secondary N) is 1. The van der Waals surface area contributed by atoms with Gasteiger partial charge in [-0.15, -0.1) is 0 Å². The summed E-state index contributed by atoms with van der Waals surface area (Å²) in [5, 5.41) is 23.0. The summed E-state index contributed by atoms with van der Waals surface area (Å²) in [5.41, 5.74) is 2.75. The second kappa shape index (κ2) is 10.7. The Bertz CT molecular complexity index is 1930. The summed E-state index contributed by atoms with van der Waals surface area (Å²) in [5.74, 6) is -0.886. The second-order valence-corrected chi connectivity index (χ2v) is 11.0. The van der Waals surface area contributed by atoms with Crippen LogP contribution in [0.1, 0.15) is 28.4 Å². The van der Waals surface area contributed by atoms with Gasteiger partial charge in [0.1, 0.15) is 0 Å². The van der Waals surface area contributed by atoms with Crippen LogP contribution in [0.3, 0.4) is 0 Å². The molecule has 0 aliphatic rings. The number of rotatable bonds is 7. The zero-order chi connectivity index (χ0) is 29.3. The minimum atomic E-state index is -3.81. The highest BCUT2D eigenvalue weighted by Crippen LogP contribution is 2.36. The maximum atomic E-state index is 12.8. The molecule has 0 aliphatic carbocycles. The fourth-order valence-corrected chi connectivity index (χ4v) is 5.52. The van der Waals surface area contributed by atoms with Crippen molar-refractivity contribution in [1.29, 1.82) is 0 Å². The van der Waals surface area contributed by atoms with Crippen molar-refractivity contribution in [3.63, 3.8) is 0 Å². The molecule has 41 heavy (non-hydrogen) atoms. The summed E-state index contributed by atoms with van der Waals surface area (Å²) in [7, 11) is -3.81. The minimum Gasteiger partial charge on any atom is -0.494 e. The molecule has 1 aromatic heterocycles. The number of nitro groups is 1. The molecule has 0 fully saturated rings. The first-order valence-corrected chi connectivity index (χ1v) is 13.9. The molecule has 0 saturated heterocycles. The molecule has 206 valence electrons. The van der Waals surface area contributed by atoms with Crippen molar-refractivity contribution in [2.24, 2.45) is 4.99 Å². The number of anilines is 1. The quantitative estimate of drug-likeness (QED) is 0.136. The molecule has 0 bridgehead atoms. The summed E-state index contributed by atoms with van der Waals surface area (Å²) in [4.78, 5) is 28.3. The van der Waals surface area contributed by atoms with Crippen LogP contribution in [0.4, 0.5) is 17.1 Å². The van der Waals surface area contributed by atoms with E-state index in [1.54, 1.807) is 66.7 Å². The van der Waals surface area contributed by atoms with Gasteiger partial charge in [-0.2, -0.15) is 0 Å². The van der Waals surface area contributed by atoms with Gasteiger partial charge < -0.3 is 5.11 Å². The van der Waals surface area contributed by atoms with E-state index in [1.807, 2.05) is 6.92 Å². The van der Waals surface area contributed by atoms with E-state index >= 15 is 0 Å². The van der Waals surface area contributed by atoms with E-state index in [0.717, 1.165) is 10.1 Å². The fourth-order valence-electron chi connectivity index (χ4n) is 4.46. The van der Waals surface area contributed by atoms with Crippen molar-refractivity contribution in [3.05, 3.63) is 124 Å². The van der Waals surface area contributed by atoms with E-state index in [4.69, 9.17) is 4.99 Å². The summed E-state index contributed by atoms with van der Waals surface area (Å²) in [6.07, 6.45) is 0. The van der Waals surface area contributed by atoms with Crippen LogP contribution in [0.2, 0.25) is 0 Å². The number of hydrogen-bond acceptors (Lipinski definition) is 7. The molecule has 0 amide bonds. The molecule has 5 aromatic rings. The molecule has 10 nitrogen and oxygen atoms in total. The van der Waals surface area contributed by atoms with Crippen LogP contribution in [0.25, 0.3) is 10.9 Å². The highest BCUT2D eigenvalue weighted by molar-refractivity contribution is 7.92. The molecule has 0 radical (unpaired) electrons. The smallest absolute Gasteiger partial charge is 0.270 e. The lowest BCUT2D eigenvalue weighted by Crippen LogP contribution is -2.12. The molecule has 0 unspecified atom stereocenters. The lowest BCUT2D eigenvalue weighted by molar-refractivity contribution is -0.384. The average Bonchev–Trinajstić information content (AvgIpc) is 3.24. The molecule has 0 atom stereocenters. The number of aliphatic imine (C=N–C) groups is 1. The molecule has 0 spiro atoms. The van der Waals surface area contributed by atoms with Crippen LogP contribution in [0, 0.1) is 17.0 Å². The Morgan fingerprint density at radius 1 is 0.951 bits per heavy atom. The number of nitrogens with zero attached hydrogens (tertiary/aromatic N) is 3. The van der Waals surface area contributed by atoms with Crippen molar-refractivity contribution >= 4 is 49.6 Å². The number of sulfonamides is 1. The number of fused-ring (bicyclic) bond motifs is 1. The Hall–Kier alpha value is -5.29. The summed E-state index contributed by atoms with van der Waals surface area (Å²) in [6, 6.07) is 25.6. The Kier molecular flexibility index (Phi) is 7.12. The van der Waals surface area contributed by atoms with Crippen LogP contribution in [0.5, 0.6) is 5.88 Å². The van der Waals surface area contributed by atoms with Gasteiger partial charge in [-0.25, -0.2) is 13.4 Å². The van der Waals surface area contributed by atoms with E-state index in [2.05, 4.69) is 4.72 Å². The lowest BCUT2D eigenvalue weighted by Gasteiger charge is -2.10. The van der Waals surface area contributed by atoms with Gasteiger partial charge in [0.2, 0.25) is 11.8 Å². The van der Waals surface area contributed by atoms with Gasteiger partial charge in [0, 0.05) is 35.7 Å². The highest BCUT2D eigenvalue weighted by Gasteiger charge is 2.26. The molecule has 11 heteroatoms. The first-order chi connectivity index (χ1) is 19.5. The van der Waals surface area contributed by atoms with E-state index in [9.17, 15) is 28.4 Å². The van der Waals surface area contributed by atoms with Crippen LogP contribution in [-0.2, 0) is 10.0 Å². The number of aryl methyl sites for hydroxylation is 1. The van der Waals surface area contributed by atoms with Crippen LogP contribution < -0.4 is 4.72 Å². The van der Waals surface area contributed by atoms with Crippen molar-refractivity contribution in [3.8, 4) is 5.88 Å². The predicted octanol–water partition coefficient (Wildman–Crippen LogP) is 6.19. The summed E-state index contributed by atoms with van der Waals surface area (Å²) in [6.45, 7) is 3.14. The van der Waals surface area contributed by atoms with Gasteiger partial charge in [0.05, 0.1) is 32.3 Å². The third kappa shape index (κ3) is 5.43. The van der Waals surface area contributed by atoms with Crippen molar-refractivity contribution in [1.82, 2.24) is 4.57 Å². The Morgan fingerprint density at radius 2 is 1.61 bits per heavy atom. The largest absolute Gasteiger partial charge is 0.494 e. The number of non-ortho nitro benzene ring substituents is 1. The molecule has 4 aromatic carbocycles. The van der Waals surface area contributed by atoms with Crippen LogP contribution >= 0.6 is 0 Å². The second-order valence-electron chi connectivity index (χ2n) is 9.30. The number of benzene rings is 4. The summed E-state index contributed by atoms with van der Waals surface area (Å²) < 4.78 is 29.2. The number of aromatic hydroxyl groups is 1. The van der Waals surface area contributed by atoms with Gasteiger partial charge in [0.15, 0.2) is 0 Å². The zero-order valence-corrected chi connectivity index (χ0v) is 22.8. The third-order valence-electron chi connectivity index (χ3n) is 6.43. The number of aromatic nitrogens is 1. The molecular formula is C30H24N4O6S. The van der Waals surface area contributed by atoms with Crippen molar-refractivity contribution in [2.45, 2.75) is 18.7 Å². The maximum absolute atomic E-state index is 12.8. The number of nitro benzene ring substituents is 1. The van der Waals surface area contributed by atoms with Crippen molar-refractivity contribution in [2.75, 3.05) is 4.72 Å². The molecule has 0 saturated carbocycles. The SMILES string of the molecule is CC(=O)n1c(O)c(C(=Nc2ccc(NS(=O)(=O)c3ccc(C)cc3)cc2)c2ccccc2)c2cc([N+](=O)[O-])ccc21. The monoisotopic (exact) mass is 568 g/mol. The van der Waals surface area contributed by atoms with Crippen molar-refractivity contribution < 1.29 is 23.2 Å². The number of hydrogen-bond donors (Lipinski definition) is 2. The molecule has 2 N–H and O–H groups in total.